The number of carbonyl (C=O) groups excluding carboxylic acids is 2. The van der Waals surface area contributed by atoms with Gasteiger partial charge < -0.3 is 21.7 Å². The molecule has 13 heteroatoms. The number of rotatable bonds is 10. The number of anilines is 3. The number of nitrogens with one attached hydrogen (secondary N) is 3. The maximum Gasteiger partial charge on any atom is 0.421 e. The SMILES string of the molecule is Cc1nn(C(C)(C)C(N)=O)cc1Nc1ncc(C(F)(F)F)c(NCCCNC(=O)C2CCC2)n1. The van der Waals surface area contributed by atoms with Crippen LogP contribution < -0.4 is 21.7 Å². The maximum atomic E-state index is 13.4. The number of carbonyl (C=O) groups is 2. The van der Waals surface area contributed by atoms with Gasteiger partial charge in [0.1, 0.15) is 16.9 Å². The average Bonchev–Trinajstić information content (AvgIpc) is 3.06. The van der Waals surface area contributed by atoms with Crippen LogP contribution in [0.4, 0.5) is 30.6 Å². The molecule has 0 aromatic carbocycles. The molecule has 3 rings (SSSR count). The van der Waals surface area contributed by atoms with Crippen LogP contribution in [-0.4, -0.2) is 44.7 Å². The third-order valence-electron chi connectivity index (χ3n) is 5.84. The lowest BCUT2D eigenvalue weighted by atomic mass is 9.85. The lowest BCUT2D eigenvalue weighted by Crippen LogP contribution is -2.41. The van der Waals surface area contributed by atoms with Crippen LogP contribution in [0.15, 0.2) is 12.4 Å². The first-order valence-corrected chi connectivity index (χ1v) is 11.0. The van der Waals surface area contributed by atoms with Crippen molar-refractivity contribution >= 4 is 29.3 Å². The van der Waals surface area contributed by atoms with Gasteiger partial charge in [-0.2, -0.15) is 23.3 Å². The van der Waals surface area contributed by atoms with E-state index in [1.807, 2.05) is 0 Å². The highest BCUT2D eigenvalue weighted by Gasteiger charge is 2.35. The van der Waals surface area contributed by atoms with Crippen LogP contribution in [0.1, 0.15) is 50.8 Å². The van der Waals surface area contributed by atoms with Crippen molar-refractivity contribution in [3.63, 3.8) is 0 Å². The molecule has 34 heavy (non-hydrogen) atoms. The molecule has 2 aromatic heterocycles. The molecule has 186 valence electrons. The molecular formula is C21H29F3N8O2. The molecule has 0 unspecified atom stereocenters. The van der Waals surface area contributed by atoms with Crippen molar-refractivity contribution < 1.29 is 22.8 Å². The monoisotopic (exact) mass is 482 g/mol. The summed E-state index contributed by atoms with van der Waals surface area (Å²) in [4.78, 5) is 31.3. The van der Waals surface area contributed by atoms with E-state index in [-0.39, 0.29) is 30.1 Å². The van der Waals surface area contributed by atoms with Gasteiger partial charge in [-0.3, -0.25) is 14.3 Å². The highest BCUT2D eigenvalue weighted by molar-refractivity contribution is 5.82. The minimum Gasteiger partial charge on any atom is -0.369 e. The Labute approximate surface area is 194 Å². The number of aryl methyl sites for hydroxylation is 1. The summed E-state index contributed by atoms with van der Waals surface area (Å²) in [6.07, 6.45) is 0.805. The van der Waals surface area contributed by atoms with Gasteiger partial charge in [-0.15, -0.1) is 0 Å². The molecule has 5 N–H and O–H groups in total. The highest BCUT2D eigenvalue weighted by Crippen LogP contribution is 2.34. The normalized spacial score (nSPS) is 14.4. The minimum absolute atomic E-state index is 0.00816. The van der Waals surface area contributed by atoms with E-state index in [1.165, 1.54) is 10.9 Å². The first-order chi connectivity index (χ1) is 15.9. The van der Waals surface area contributed by atoms with Gasteiger partial charge in [0.2, 0.25) is 17.8 Å². The minimum atomic E-state index is -4.65. The fourth-order valence-electron chi connectivity index (χ4n) is 3.21. The molecule has 0 saturated heterocycles. The summed E-state index contributed by atoms with van der Waals surface area (Å²) >= 11 is 0. The fraction of sp³-hybridized carbons (Fsp3) is 0.571. The summed E-state index contributed by atoms with van der Waals surface area (Å²) in [5.41, 5.74) is 4.21. The number of primary amides is 1. The smallest absolute Gasteiger partial charge is 0.369 e. The number of hydrogen-bond donors (Lipinski definition) is 4. The molecule has 0 spiro atoms. The van der Waals surface area contributed by atoms with Gasteiger partial charge in [0, 0.05) is 25.2 Å². The van der Waals surface area contributed by atoms with E-state index in [0.717, 1.165) is 19.3 Å². The van der Waals surface area contributed by atoms with Crippen LogP contribution in [0, 0.1) is 12.8 Å². The Morgan fingerprint density at radius 3 is 2.53 bits per heavy atom. The standard InChI is InChI=1S/C21H29F3N8O2/c1-12-15(11-32(31-12)20(2,3)18(25)34)29-19-28-10-14(21(22,23)24)16(30-19)26-8-5-9-27-17(33)13-6-4-7-13/h10-11,13H,4-9H2,1-3H3,(H2,25,34)(H,27,33)(H2,26,28,29,30). The van der Waals surface area contributed by atoms with E-state index >= 15 is 0 Å². The number of halogens is 3. The topological polar surface area (TPSA) is 140 Å². The maximum absolute atomic E-state index is 13.4. The lowest BCUT2D eigenvalue weighted by Gasteiger charge is -2.24. The molecule has 10 nitrogen and oxygen atoms in total. The molecule has 0 atom stereocenters. The van der Waals surface area contributed by atoms with E-state index in [9.17, 15) is 22.8 Å². The largest absolute Gasteiger partial charge is 0.421 e. The quantitative estimate of drug-likeness (QED) is 0.382. The van der Waals surface area contributed by atoms with Crippen LogP contribution >= 0.6 is 0 Å². The average molecular weight is 483 g/mol. The van der Waals surface area contributed by atoms with E-state index in [0.29, 0.717) is 30.5 Å². The predicted molar refractivity (Wildman–Crippen MR) is 119 cm³/mol. The second-order valence-corrected chi connectivity index (χ2v) is 8.77. The third kappa shape index (κ3) is 5.75. The van der Waals surface area contributed by atoms with Gasteiger partial charge in [-0.25, -0.2) is 4.98 Å². The molecule has 1 fully saturated rings. The number of aromatic nitrogens is 4. The van der Waals surface area contributed by atoms with Gasteiger partial charge in [-0.1, -0.05) is 6.42 Å². The van der Waals surface area contributed by atoms with Crippen molar-refractivity contribution in [3.05, 3.63) is 23.7 Å². The molecule has 2 amide bonds. The lowest BCUT2D eigenvalue weighted by molar-refractivity contribution is -0.137. The number of hydrogen-bond acceptors (Lipinski definition) is 7. The van der Waals surface area contributed by atoms with Gasteiger partial charge in [-0.05, 0) is 40.0 Å². The summed E-state index contributed by atoms with van der Waals surface area (Å²) in [5.74, 6) is -0.998. The zero-order valence-corrected chi connectivity index (χ0v) is 19.3. The number of alkyl halides is 3. The zero-order chi connectivity index (χ0) is 25.1. The second-order valence-electron chi connectivity index (χ2n) is 8.77. The number of nitrogens with zero attached hydrogens (tertiary/aromatic N) is 4. The van der Waals surface area contributed by atoms with E-state index in [1.54, 1.807) is 20.8 Å². The van der Waals surface area contributed by atoms with Crippen molar-refractivity contribution in [3.8, 4) is 0 Å². The van der Waals surface area contributed by atoms with Crippen LogP contribution in [0.2, 0.25) is 0 Å². The Hall–Kier alpha value is -3.38. The molecule has 1 saturated carbocycles. The third-order valence-corrected chi connectivity index (χ3v) is 5.84. The summed E-state index contributed by atoms with van der Waals surface area (Å²) in [7, 11) is 0. The summed E-state index contributed by atoms with van der Waals surface area (Å²) in [6, 6.07) is 0. The van der Waals surface area contributed by atoms with Crippen molar-refractivity contribution in [1.82, 2.24) is 25.1 Å². The Morgan fingerprint density at radius 1 is 1.24 bits per heavy atom. The van der Waals surface area contributed by atoms with Crippen LogP contribution in [0.25, 0.3) is 0 Å². The predicted octanol–water partition coefficient (Wildman–Crippen LogP) is 2.68. The molecule has 1 aliphatic rings. The summed E-state index contributed by atoms with van der Waals surface area (Å²) in [5, 5.41) is 12.6. The summed E-state index contributed by atoms with van der Waals surface area (Å²) < 4.78 is 41.7. The molecule has 0 radical (unpaired) electrons. The first-order valence-electron chi connectivity index (χ1n) is 11.0. The van der Waals surface area contributed by atoms with E-state index in [4.69, 9.17) is 5.73 Å². The molecule has 2 heterocycles. The molecule has 1 aliphatic carbocycles. The Balaban J connectivity index is 1.68. The molecule has 0 bridgehead atoms. The van der Waals surface area contributed by atoms with E-state index < -0.39 is 23.2 Å². The second kappa shape index (κ2) is 9.85. The van der Waals surface area contributed by atoms with Crippen molar-refractivity contribution in [2.45, 2.75) is 58.2 Å². The van der Waals surface area contributed by atoms with Crippen molar-refractivity contribution in [1.29, 1.82) is 0 Å². The number of amides is 2. The Kier molecular flexibility index (Phi) is 7.32. The molecule has 2 aromatic rings. The van der Waals surface area contributed by atoms with Gasteiger partial charge in [0.25, 0.3) is 0 Å². The Morgan fingerprint density at radius 2 is 1.94 bits per heavy atom. The molecular weight excluding hydrogens is 453 g/mol. The van der Waals surface area contributed by atoms with Crippen LogP contribution in [0.3, 0.4) is 0 Å². The van der Waals surface area contributed by atoms with Crippen molar-refractivity contribution in [2.24, 2.45) is 11.7 Å². The van der Waals surface area contributed by atoms with Crippen LogP contribution in [-0.2, 0) is 21.3 Å². The van der Waals surface area contributed by atoms with Crippen molar-refractivity contribution in [2.75, 3.05) is 23.7 Å². The zero-order valence-electron chi connectivity index (χ0n) is 19.3. The van der Waals surface area contributed by atoms with Gasteiger partial charge in [0.05, 0.1) is 17.6 Å². The van der Waals surface area contributed by atoms with Crippen LogP contribution in [0.5, 0.6) is 0 Å². The Bertz CT molecular complexity index is 1050. The first kappa shape index (κ1) is 25.2. The number of nitrogens with two attached hydrogens (primary N) is 1. The van der Waals surface area contributed by atoms with Gasteiger partial charge in [0.15, 0.2) is 0 Å². The highest BCUT2D eigenvalue weighted by atomic mass is 19.4. The molecule has 0 aliphatic heterocycles. The van der Waals surface area contributed by atoms with Gasteiger partial charge >= 0.3 is 6.18 Å². The van der Waals surface area contributed by atoms with E-state index in [2.05, 4.69) is 31.0 Å². The summed E-state index contributed by atoms with van der Waals surface area (Å²) in [6.45, 7) is 5.38. The fourth-order valence-corrected chi connectivity index (χ4v) is 3.21.